The molecule has 3 rings (SSSR count). The molecule has 2 aromatic carbocycles. The average Bonchev–Trinajstić information content (AvgIpc) is 2.78. The van der Waals surface area contributed by atoms with Gasteiger partial charge in [0.05, 0.1) is 17.0 Å². The Labute approximate surface area is 135 Å². The van der Waals surface area contributed by atoms with Crippen LogP contribution in [0.5, 0.6) is 5.75 Å². The van der Waals surface area contributed by atoms with Gasteiger partial charge in [-0.2, -0.15) is 0 Å². The molecule has 23 heavy (non-hydrogen) atoms. The molecule has 0 aromatic heterocycles. The van der Waals surface area contributed by atoms with Crippen molar-refractivity contribution < 1.29 is 17.9 Å². The Hall–Kier alpha value is -2.08. The molecule has 6 heteroatoms. The first-order valence-electron chi connectivity index (χ1n) is 7.49. The van der Waals surface area contributed by atoms with E-state index in [4.69, 9.17) is 4.74 Å². The molecule has 1 aliphatic heterocycles. The zero-order valence-electron chi connectivity index (χ0n) is 12.9. The molecule has 1 amide bonds. The Balaban J connectivity index is 1.65. The van der Waals surface area contributed by atoms with Gasteiger partial charge in [-0.15, -0.1) is 0 Å². The predicted octanol–water partition coefficient (Wildman–Crippen LogP) is 1.91. The predicted molar refractivity (Wildman–Crippen MR) is 89.3 cm³/mol. The Bertz CT molecular complexity index is 841. The van der Waals surface area contributed by atoms with Crippen molar-refractivity contribution in [2.24, 2.45) is 0 Å². The van der Waals surface area contributed by atoms with E-state index in [-0.39, 0.29) is 24.0 Å². The van der Waals surface area contributed by atoms with Crippen molar-refractivity contribution in [1.82, 2.24) is 5.32 Å². The summed E-state index contributed by atoms with van der Waals surface area (Å²) < 4.78 is 28.8. The van der Waals surface area contributed by atoms with Gasteiger partial charge in [0.1, 0.15) is 5.75 Å². The first-order valence-corrected chi connectivity index (χ1v) is 9.31. The van der Waals surface area contributed by atoms with Crippen LogP contribution in [0.15, 0.2) is 42.5 Å². The lowest BCUT2D eigenvalue weighted by molar-refractivity contribution is -0.124. The van der Waals surface area contributed by atoms with E-state index in [1.165, 1.54) is 0 Å². The number of nitrogens with one attached hydrogen (secondary N) is 1. The van der Waals surface area contributed by atoms with E-state index in [9.17, 15) is 13.2 Å². The number of benzene rings is 2. The molecule has 0 aliphatic carbocycles. The van der Waals surface area contributed by atoms with Crippen LogP contribution in [0.3, 0.4) is 0 Å². The fourth-order valence-corrected chi connectivity index (χ4v) is 5.04. The minimum Gasteiger partial charge on any atom is -0.483 e. The minimum absolute atomic E-state index is 0.0139. The molecule has 5 nitrogen and oxygen atoms in total. The van der Waals surface area contributed by atoms with Gasteiger partial charge in [0.15, 0.2) is 16.4 Å². The van der Waals surface area contributed by atoms with Crippen molar-refractivity contribution in [3.8, 4) is 5.75 Å². The first-order chi connectivity index (χ1) is 10.9. The van der Waals surface area contributed by atoms with E-state index < -0.39 is 15.4 Å². The lowest BCUT2D eigenvalue weighted by Gasteiger charge is -2.23. The summed E-state index contributed by atoms with van der Waals surface area (Å²) in [7, 11) is -3.05. The molecule has 1 saturated heterocycles. The van der Waals surface area contributed by atoms with Gasteiger partial charge in [0.2, 0.25) is 0 Å². The van der Waals surface area contributed by atoms with Gasteiger partial charge in [0.25, 0.3) is 5.91 Å². The molecule has 1 heterocycles. The second kappa shape index (κ2) is 5.85. The van der Waals surface area contributed by atoms with Gasteiger partial charge in [-0.05, 0) is 24.8 Å². The summed E-state index contributed by atoms with van der Waals surface area (Å²) in [5.74, 6) is 0.438. The molecule has 0 unspecified atom stereocenters. The number of sulfone groups is 1. The fraction of sp³-hybridized carbons (Fsp3) is 0.353. The number of ether oxygens (including phenoxy) is 1. The molecule has 0 saturated carbocycles. The van der Waals surface area contributed by atoms with E-state index in [0.29, 0.717) is 12.2 Å². The summed E-state index contributed by atoms with van der Waals surface area (Å²) in [6.45, 7) is 1.62. The van der Waals surface area contributed by atoms with E-state index in [1.807, 2.05) is 42.5 Å². The Morgan fingerprint density at radius 2 is 1.96 bits per heavy atom. The van der Waals surface area contributed by atoms with Crippen molar-refractivity contribution >= 4 is 26.5 Å². The van der Waals surface area contributed by atoms with Crippen molar-refractivity contribution in [3.63, 3.8) is 0 Å². The maximum Gasteiger partial charge on any atom is 0.258 e. The van der Waals surface area contributed by atoms with Crippen molar-refractivity contribution in [2.45, 2.75) is 18.9 Å². The molecule has 1 aliphatic rings. The van der Waals surface area contributed by atoms with Crippen LogP contribution in [0.1, 0.15) is 13.3 Å². The highest BCUT2D eigenvalue weighted by molar-refractivity contribution is 7.91. The average molecular weight is 333 g/mol. The highest BCUT2D eigenvalue weighted by atomic mass is 32.2. The van der Waals surface area contributed by atoms with Gasteiger partial charge < -0.3 is 10.1 Å². The quantitative estimate of drug-likeness (QED) is 0.928. The largest absolute Gasteiger partial charge is 0.483 e. The maximum atomic E-state index is 12.1. The van der Waals surface area contributed by atoms with Gasteiger partial charge in [0, 0.05) is 5.39 Å². The summed E-state index contributed by atoms with van der Waals surface area (Å²) >= 11 is 0. The molecule has 0 bridgehead atoms. The number of carbonyl (C=O) groups excluding carboxylic acids is 1. The number of carbonyl (C=O) groups is 1. The SMILES string of the molecule is C[C@]1(NC(=O)COc2cccc3ccccc23)CCS(=O)(=O)C1. The Morgan fingerprint density at radius 3 is 2.70 bits per heavy atom. The second-order valence-corrected chi connectivity index (χ2v) is 8.40. The topological polar surface area (TPSA) is 72.5 Å². The molecule has 1 atom stereocenters. The zero-order chi connectivity index (χ0) is 16.5. The third-order valence-electron chi connectivity index (χ3n) is 4.05. The molecule has 0 spiro atoms. The standard InChI is InChI=1S/C17H19NO4S/c1-17(9-10-23(20,21)12-17)18-16(19)11-22-15-8-4-6-13-5-2-3-7-14(13)15/h2-8H,9-12H2,1H3,(H,18,19)/t17-/m0/s1. The van der Waals surface area contributed by atoms with Crippen molar-refractivity contribution in [3.05, 3.63) is 42.5 Å². The van der Waals surface area contributed by atoms with E-state index >= 15 is 0 Å². The number of rotatable bonds is 4. The van der Waals surface area contributed by atoms with E-state index in [2.05, 4.69) is 5.32 Å². The summed E-state index contributed by atoms with van der Waals surface area (Å²) in [6.07, 6.45) is 0.440. The lowest BCUT2D eigenvalue weighted by atomic mass is 10.0. The lowest BCUT2D eigenvalue weighted by Crippen LogP contribution is -2.48. The van der Waals surface area contributed by atoms with E-state index in [0.717, 1.165) is 10.8 Å². The zero-order valence-corrected chi connectivity index (χ0v) is 13.7. The van der Waals surface area contributed by atoms with Crippen LogP contribution in [0.25, 0.3) is 10.8 Å². The summed E-state index contributed by atoms with van der Waals surface area (Å²) in [6, 6.07) is 13.4. The molecule has 2 aromatic rings. The number of fused-ring (bicyclic) bond motifs is 1. The molecular weight excluding hydrogens is 314 g/mol. The van der Waals surface area contributed by atoms with Crippen LogP contribution in [-0.2, 0) is 14.6 Å². The van der Waals surface area contributed by atoms with Gasteiger partial charge >= 0.3 is 0 Å². The number of hydrogen-bond donors (Lipinski definition) is 1. The maximum absolute atomic E-state index is 12.1. The van der Waals surface area contributed by atoms with Gasteiger partial charge in [-0.3, -0.25) is 4.79 Å². The second-order valence-electron chi connectivity index (χ2n) is 6.22. The third-order valence-corrected chi connectivity index (χ3v) is 5.96. The van der Waals surface area contributed by atoms with Crippen LogP contribution in [-0.4, -0.2) is 38.0 Å². The first kappa shape index (κ1) is 15.8. The Kier molecular flexibility index (Phi) is 4.02. The highest BCUT2D eigenvalue weighted by Crippen LogP contribution is 2.25. The van der Waals surface area contributed by atoms with Crippen LogP contribution in [0.4, 0.5) is 0 Å². The van der Waals surface area contributed by atoms with Crippen LogP contribution >= 0.6 is 0 Å². The number of amides is 1. The summed E-state index contributed by atoms with van der Waals surface area (Å²) in [5, 5.41) is 4.77. The Morgan fingerprint density at radius 1 is 1.22 bits per heavy atom. The van der Waals surface area contributed by atoms with Crippen LogP contribution < -0.4 is 10.1 Å². The van der Waals surface area contributed by atoms with Gasteiger partial charge in [-0.1, -0.05) is 36.4 Å². The summed E-state index contributed by atoms with van der Waals surface area (Å²) in [4.78, 5) is 12.1. The van der Waals surface area contributed by atoms with Crippen molar-refractivity contribution in [1.29, 1.82) is 0 Å². The number of hydrogen-bond acceptors (Lipinski definition) is 4. The highest BCUT2D eigenvalue weighted by Gasteiger charge is 2.39. The fourth-order valence-electron chi connectivity index (χ4n) is 2.95. The van der Waals surface area contributed by atoms with Crippen molar-refractivity contribution in [2.75, 3.05) is 18.1 Å². The molecule has 1 N–H and O–H groups in total. The van der Waals surface area contributed by atoms with Gasteiger partial charge in [-0.25, -0.2) is 8.42 Å². The molecule has 1 fully saturated rings. The van der Waals surface area contributed by atoms with Crippen LogP contribution in [0, 0.1) is 0 Å². The minimum atomic E-state index is -3.05. The molecule has 122 valence electrons. The smallest absolute Gasteiger partial charge is 0.258 e. The molecular formula is C17H19NO4S. The van der Waals surface area contributed by atoms with E-state index in [1.54, 1.807) is 6.92 Å². The van der Waals surface area contributed by atoms with Crippen LogP contribution in [0.2, 0.25) is 0 Å². The monoisotopic (exact) mass is 333 g/mol. The third kappa shape index (κ3) is 3.64. The summed E-state index contributed by atoms with van der Waals surface area (Å²) in [5.41, 5.74) is -0.696. The molecule has 0 radical (unpaired) electrons. The normalized spacial score (nSPS) is 22.8.